The van der Waals surface area contributed by atoms with Crippen molar-refractivity contribution in [2.75, 3.05) is 7.11 Å². The molecular weight excluding hydrogens is 341 g/mol. The molecule has 2 aromatic carbocycles. The molecule has 0 atom stereocenters. The van der Waals surface area contributed by atoms with Gasteiger partial charge in [0.15, 0.2) is 0 Å². The Bertz CT molecular complexity index is 699. The third-order valence-corrected chi connectivity index (χ3v) is 6.53. The van der Waals surface area contributed by atoms with E-state index in [1.807, 2.05) is 30.3 Å². The number of halogens is 1. The van der Waals surface area contributed by atoms with Crippen LogP contribution in [0.5, 0.6) is 5.75 Å². The molecule has 0 aromatic heterocycles. The molecule has 2 aromatic rings. The SMILES string of the molecule is COc1ccc2c3c(ccc2c1)=[Te](Cl)ON=3. The minimum atomic E-state index is -2.10. The van der Waals surface area contributed by atoms with Crippen LogP contribution in [0.1, 0.15) is 0 Å². The van der Waals surface area contributed by atoms with E-state index in [-0.39, 0.29) is 0 Å². The monoisotopic (exact) mass is 351 g/mol. The van der Waals surface area contributed by atoms with Crippen molar-refractivity contribution in [2.45, 2.75) is 0 Å². The van der Waals surface area contributed by atoms with Gasteiger partial charge in [-0.2, -0.15) is 0 Å². The Labute approximate surface area is 103 Å². The molecule has 1 heterocycles. The summed E-state index contributed by atoms with van der Waals surface area (Å²) < 4.78 is 11.5. The number of nitrogens with zero attached hydrogens (tertiary/aromatic N) is 1. The van der Waals surface area contributed by atoms with Gasteiger partial charge >= 0.3 is 103 Å². The molecule has 3 nitrogen and oxygen atoms in total. The molecule has 1 aliphatic heterocycles. The van der Waals surface area contributed by atoms with E-state index in [1.54, 1.807) is 7.11 Å². The second-order valence-corrected chi connectivity index (χ2v) is 8.23. The number of ether oxygens (including phenoxy) is 1. The van der Waals surface area contributed by atoms with Crippen LogP contribution >= 0.6 is 8.96 Å². The van der Waals surface area contributed by atoms with Crippen LogP contribution in [0.25, 0.3) is 10.8 Å². The van der Waals surface area contributed by atoms with Crippen molar-refractivity contribution in [3.63, 3.8) is 0 Å². The summed E-state index contributed by atoms with van der Waals surface area (Å²) in [5.74, 6) is 0.841. The van der Waals surface area contributed by atoms with E-state index in [9.17, 15) is 0 Å². The number of benzene rings is 2. The van der Waals surface area contributed by atoms with Crippen molar-refractivity contribution < 1.29 is 7.94 Å². The summed E-state index contributed by atoms with van der Waals surface area (Å²) in [6, 6.07) is 9.95. The van der Waals surface area contributed by atoms with E-state index in [4.69, 9.17) is 16.9 Å². The zero-order valence-electron chi connectivity index (χ0n) is 8.44. The van der Waals surface area contributed by atoms with Gasteiger partial charge in [-0.3, -0.25) is 0 Å². The normalized spacial score (nSPS) is 14.4. The summed E-state index contributed by atoms with van der Waals surface area (Å²) >= 11 is -2.10. The maximum absolute atomic E-state index is 6.13. The number of hydrogen-bond acceptors (Lipinski definition) is 3. The van der Waals surface area contributed by atoms with Crippen LogP contribution in [0, 0.1) is 3.20 Å². The predicted molar refractivity (Wildman–Crippen MR) is 63.2 cm³/mol. The van der Waals surface area contributed by atoms with Crippen molar-refractivity contribution in [3.8, 4) is 5.75 Å². The number of rotatable bonds is 1. The number of fused-ring (bicyclic) bond motifs is 3. The Morgan fingerprint density at radius 3 is 3.00 bits per heavy atom. The van der Waals surface area contributed by atoms with Gasteiger partial charge in [0.05, 0.1) is 0 Å². The van der Waals surface area contributed by atoms with Gasteiger partial charge < -0.3 is 0 Å². The predicted octanol–water partition coefficient (Wildman–Crippen LogP) is 1.97. The molecule has 82 valence electrons. The van der Waals surface area contributed by atoms with E-state index < -0.39 is 18.4 Å². The summed E-state index contributed by atoms with van der Waals surface area (Å²) in [7, 11) is 7.79. The van der Waals surface area contributed by atoms with Gasteiger partial charge in [-0.25, -0.2) is 0 Å². The quantitative estimate of drug-likeness (QED) is 0.737. The fourth-order valence-electron chi connectivity index (χ4n) is 1.73. The number of methoxy groups -OCH3 is 1. The molecule has 0 bridgehead atoms. The van der Waals surface area contributed by atoms with Crippen LogP contribution in [0.3, 0.4) is 0 Å². The Kier molecular flexibility index (Phi) is 2.51. The molecule has 1 aliphatic rings. The second kappa shape index (κ2) is 3.88. The van der Waals surface area contributed by atoms with Gasteiger partial charge in [-0.05, 0) is 0 Å². The molecule has 0 amide bonds. The first kappa shape index (κ1) is 10.3. The zero-order chi connectivity index (χ0) is 11.1. The Morgan fingerprint density at radius 1 is 1.31 bits per heavy atom. The topological polar surface area (TPSA) is 30.8 Å². The third-order valence-electron chi connectivity index (χ3n) is 2.53. The molecule has 0 aliphatic carbocycles. The molecule has 0 fully saturated rings. The Hall–Kier alpha value is -0.820. The third kappa shape index (κ3) is 1.49. The zero-order valence-corrected chi connectivity index (χ0v) is 11.5. The maximum atomic E-state index is 6.13. The molecule has 0 spiro atoms. The molecule has 0 N–H and O–H groups in total. The van der Waals surface area contributed by atoms with E-state index in [0.29, 0.717) is 0 Å². The van der Waals surface area contributed by atoms with Crippen LogP contribution in [-0.4, -0.2) is 25.5 Å². The number of hydrogen-bond donors (Lipinski definition) is 0. The molecule has 0 unspecified atom stereocenters. The van der Waals surface area contributed by atoms with E-state index in [1.165, 1.54) is 0 Å². The fourth-order valence-corrected chi connectivity index (χ4v) is 4.74. The molecule has 16 heavy (non-hydrogen) atoms. The van der Waals surface area contributed by atoms with Gasteiger partial charge in [-0.1, -0.05) is 0 Å². The molecule has 3 rings (SSSR count). The summed E-state index contributed by atoms with van der Waals surface area (Å²) in [4.78, 5) is 0. The summed E-state index contributed by atoms with van der Waals surface area (Å²) in [5, 5.41) is 7.13. The first-order valence-electron chi connectivity index (χ1n) is 4.69. The van der Waals surface area contributed by atoms with Crippen LogP contribution in [0.2, 0.25) is 0 Å². The first-order valence-corrected chi connectivity index (χ1v) is 9.76. The van der Waals surface area contributed by atoms with Gasteiger partial charge in [0.25, 0.3) is 0 Å². The molecule has 0 saturated heterocycles. The van der Waals surface area contributed by atoms with Gasteiger partial charge in [0, 0.05) is 0 Å². The molecule has 0 saturated carbocycles. The molecular formula is C11H8ClNO2Te. The van der Waals surface area contributed by atoms with Crippen LogP contribution in [0.15, 0.2) is 35.5 Å². The summed E-state index contributed by atoms with van der Waals surface area (Å²) in [6.07, 6.45) is 0. The summed E-state index contributed by atoms with van der Waals surface area (Å²) in [6.45, 7) is 0. The van der Waals surface area contributed by atoms with Crippen molar-refractivity contribution in [1.82, 2.24) is 0 Å². The average molecular weight is 349 g/mol. The van der Waals surface area contributed by atoms with Crippen molar-refractivity contribution in [2.24, 2.45) is 5.16 Å². The first-order chi connectivity index (χ1) is 7.79. The second-order valence-electron chi connectivity index (χ2n) is 3.39. The van der Waals surface area contributed by atoms with Crippen LogP contribution in [-0.2, 0) is 3.20 Å². The Morgan fingerprint density at radius 2 is 2.19 bits per heavy atom. The van der Waals surface area contributed by atoms with Gasteiger partial charge in [0.1, 0.15) is 0 Å². The van der Waals surface area contributed by atoms with Crippen LogP contribution in [0.4, 0.5) is 0 Å². The molecule has 0 radical (unpaired) electrons. The van der Waals surface area contributed by atoms with Crippen LogP contribution < -0.4 is 10.1 Å². The van der Waals surface area contributed by atoms with Crippen molar-refractivity contribution in [1.29, 1.82) is 0 Å². The fraction of sp³-hybridized carbons (Fsp3) is 0.0909. The standard InChI is InChI=1S/C11H8ClNO2Te/c1-14-8-3-4-9-7(6-8)2-5-10-11(9)13-15-16(10)12/h2-6H,1H3. The van der Waals surface area contributed by atoms with Gasteiger partial charge in [-0.15, -0.1) is 0 Å². The average Bonchev–Trinajstić information content (AvgIpc) is 2.70. The minimum absolute atomic E-state index is 0.841. The summed E-state index contributed by atoms with van der Waals surface area (Å²) in [5.41, 5.74) is 0. The van der Waals surface area contributed by atoms with Crippen molar-refractivity contribution in [3.05, 3.63) is 38.9 Å². The van der Waals surface area contributed by atoms with Gasteiger partial charge in [0.2, 0.25) is 0 Å². The van der Waals surface area contributed by atoms with Crippen molar-refractivity contribution >= 4 is 38.1 Å². The van der Waals surface area contributed by atoms with E-state index in [2.05, 4.69) is 5.16 Å². The Balaban J connectivity index is 2.45. The van der Waals surface area contributed by atoms with E-state index in [0.717, 1.165) is 25.1 Å². The molecule has 5 heteroatoms. The van der Waals surface area contributed by atoms with E-state index >= 15 is 0 Å².